The number of phenols is 1. The van der Waals surface area contributed by atoms with E-state index in [0.717, 1.165) is 18.9 Å². The van der Waals surface area contributed by atoms with Crippen LogP contribution >= 0.6 is 0 Å². The molecule has 1 fully saturated rings. The van der Waals surface area contributed by atoms with E-state index in [1.165, 1.54) is 42.0 Å². The fourth-order valence-electron chi connectivity index (χ4n) is 5.17. The number of benzene rings is 2. The third-order valence-corrected chi connectivity index (χ3v) is 7.52. The van der Waals surface area contributed by atoms with Crippen LogP contribution in [0, 0.1) is 28.5 Å². The van der Waals surface area contributed by atoms with Crippen molar-refractivity contribution in [3.05, 3.63) is 89.4 Å². The van der Waals surface area contributed by atoms with Crippen LogP contribution in [0.25, 0.3) is 28.3 Å². The molecule has 0 spiro atoms. The van der Waals surface area contributed by atoms with Crippen molar-refractivity contribution in [1.82, 2.24) is 25.7 Å². The number of pyridine rings is 1. The summed E-state index contributed by atoms with van der Waals surface area (Å²) in [5.41, 5.74) is 4.34. The number of phenolic OH excluding ortho intramolecular Hbond substituents is 1. The summed E-state index contributed by atoms with van der Waals surface area (Å²) in [6, 6.07) is 12.6. The van der Waals surface area contributed by atoms with Gasteiger partial charge in [-0.25, -0.2) is 20.1 Å². The van der Waals surface area contributed by atoms with Crippen molar-refractivity contribution < 1.29 is 29.6 Å². The fourth-order valence-corrected chi connectivity index (χ4v) is 5.17. The van der Waals surface area contributed by atoms with Crippen molar-refractivity contribution in [3.63, 3.8) is 0 Å². The van der Waals surface area contributed by atoms with Crippen LogP contribution in [-0.2, 0) is 11.3 Å². The number of hydroxylamine groups is 1. The van der Waals surface area contributed by atoms with Crippen molar-refractivity contribution in [1.29, 1.82) is 10.5 Å². The summed E-state index contributed by atoms with van der Waals surface area (Å²) in [4.78, 5) is 30.5. The van der Waals surface area contributed by atoms with Crippen LogP contribution < -0.4 is 20.6 Å². The highest BCUT2D eigenvalue weighted by Crippen LogP contribution is 2.41. The van der Waals surface area contributed by atoms with Crippen LogP contribution in [0.2, 0.25) is 0 Å². The van der Waals surface area contributed by atoms with E-state index in [9.17, 15) is 24.8 Å². The summed E-state index contributed by atoms with van der Waals surface area (Å²) in [6.45, 7) is 1.62. The zero-order valence-corrected chi connectivity index (χ0v) is 24.2. The van der Waals surface area contributed by atoms with Gasteiger partial charge in [0.2, 0.25) is 5.75 Å². The molecule has 2 aromatic heterocycles. The molecule has 4 aromatic rings. The standard InChI is InChI=1S/C32H27FN8O5/c33-27-11-20(1-2-21(27)13-34)31-25(14-35)32(39-18-26(31)19-3-5-29(46-45)28(42)12-19)41-9-7-22(8-10-41)36-16-24-17-37-23(15-38-24)4-6-30(43)40-44/h1-6,11-12,15,17-18,22,36,42,44-45H,7-10,16H2,(H,40,43)/b6-4+. The molecule has 0 atom stereocenters. The van der Waals surface area contributed by atoms with Gasteiger partial charge in [0.25, 0.3) is 5.91 Å². The Morgan fingerprint density at radius 1 is 1.07 bits per heavy atom. The van der Waals surface area contributed by atoms with Crippen LogP contribution in [0.5, 0.6) is 11.5 Å². The molecular weight excluding hydrogens is 595 g/mol. The average Bonchev–Trinajstić information content (AvgIpc) is 3.09. The number of nitriles is 2. The molecule has 0 bridgehead atoms. The summed E-state index contributed by atoms with van der Waals surface area (Å²) in [6.07, 6.45) is 8.70. The van der Waals surface area contributed by atoms with Gasteiger partial charge in [-0.2, -0.15) is 10.5 Å². The number of nitrogens with one attached hydrogen (secondary N) is 2. The van der Waals surface area contributed by atoms with Gasteiger partial charge in [0.1, 0.15) is 29.3 Å². The molecule has 2 aromatic carbocycles. The smallest absolute Gasteiger partial charge is 0.267 e. The maximum Gasteiger partial charge on any atom is 0.267 e. The SMILES string of the molecule is N#Cc1ccc(-c2c(-c3ccc(OO)c(O)c3)cnc(N3CCC(NCc4cnc(/C=C/C(=O)NO)cn4)CC3)c2C#N)cc1F. The number of carbonyl (C=O) groups excluding carboxylic acids is 1. The number of anilines is 1. The van der Waals surface area contributed by atoms with E-state index in [1.807, 2.05) is 4.90 Å². The summed E-state index contributed by atoms with van der Waals surface area (Å²) >= 11 is 0. The van der Waals surface area contributed by atoms with Gasteiger partial charge in [-0.15, -0.1) is 0 Å². The number of carbonyl (C=O) groups is 1. The Hall–Kier alpha value is -5.93. The van der Waals surface area contributed by atoms with Gasteiger partial charge in [-0.05, 0) is 54.3 Å². The molecule has 0 radical (unpaired) electrons. The van der Waals surface area contributed by atoms with Gasteiger partial charge in [-0.1, -0.05) is 12.1 Å². The van der Waals surface area contributed by atoms with Crippen molar-refractivity contribution >= 4 is 17.8 Å². The number of piperidine rings is 1. The fraction of sp³-hybridized carbons (Fsp3) is 0.188. The molecule has 5 N–H and O–H groups in total. The van der Waals surface area contributed by atoms with E-state index in [2.05, 4.69) is 31.2 Å². The number of aromatic hydroxyl groups is 1. The highest BCUT2D eigenvalue weighted by molar-refractivity contribution is 5.91. The van der Waals surface area contributed by atoms with Crippen molar-refractivity contribution in [2.24, 2.45) is 0 Å². The second-order valence-corrected chi connectivity index (χ2v) is 10.3. The van der Waals surface area contributed by atoms with Crippen LogP contribution in [0.1, 0.15) is 35.4 Å². The lowest BCUT2D eigenvalue weighted by Gasteiger charge is -2.34. The Labute approximate surface area is 262 Å². The number of halogens is 1. The lowest BCUT2D eigenvalue weighted by Crippen LogP contribution is -2.43. The topological polar surface area (TPSA) is 201 Å². The number of nitrogens with zero attached hydrogens (tertiary/aromatic N) is 6. The number of hydrogen-bond acceptors (Lipinski definition) is 12. The first-order chi connectivity index (χ1) is 22.3. The molecule has 1 amide bonds. The van der Waals surface area contributed by atoms with Gasteiger partial charge in [0.05, 0.1) is 29.3 Å². The zero-order valence-electron chi connectivity index (χ0n) is 24.2. The van der Waals surface area contributed by atoms with Crippen LogP contribution in [0.3, 0.4) is 0 Å². The lowest BCUT2D eigenvalue weighted by molar-refractivity contribution is -0.139. The van der Waals surface area contributed by atoms with Crippen LogP contribution in [-0.4, -0.2) is 55.6 Å². The Morgan fingerprint density at radius 2 is 1.85 bits per heavy atom. The highest BCUT2D eigenvalue weighted by atomic mass is 19.1. The molecule has 13 nitrogen and oxygen atoms in total. The van der Waals surface area contributed by atoms with Gasteiger partial charge in [0, 0.05) is 49.1 Å². The molecule has 232 valence electrons. The zero-order chi connectivity index (χ0) is 32.6. The van der Waals surface area contributed by atoms with E-state index in [1.54, 1.807) is 30.6 Å². The number of rotatable bonds is 9. The summed E-state index contributed by atoms with van der Waals surface area (Å²) in [7, 11) is 0. The maximum atomic E-state index is 14.8. The molecule has 1 aliphatic heterocycles. The van der Waals surface area contributed by atoms with Crippen LogP contribution in [0.15, 0.2) is 61.1 Å². The van der Waals surface area contributed by atoms with Crippen molar-refractivity contribution in [2.45, 2.75) is 25.4 Å². The summed E-state index contributed by atoms with van der Waals surface area (Å²) < 4.78 is 14.8. The van der Waals surface area contributed by atoms with E-state index in [0.29, 0.717) is 59.1 Å². The molecule has 14 heteroatoms. The normalized spacial score (nSPS) is 13.3. The first-order valence-corrected chi connectivity index (χ1v) is 14.0. The Balaban J connectivity index is 1.36. The quantitative estimate of drug-likeness (QED) is 0.0781. The second kappa shape index (κ2) is 14.2. The molecule has 1 saturated heterocycles. The molecule has 0 aliphatic carbocycles. The van der Waals surface area contributed by atoms with E-state index in [4.69, 9.17) is 10.5 Å². The summed E-state index contributed by atoms with van der Waals surface area (Å²) in [5, 5.41) is 51.0. The first-order valence-electron chi connectivity index (χ1n) is 14.0. The van der Waals surface area contributed by atoms with E-state index >= 15 is 0 Å². The monoisotopic (exact) mass is 622 g/mol. The average molecular weight is 623 g/mol. The molecule has 0 saturated carbocycles. The van der Waals surface area contributed by atoms with Gasteiger partial charge < -0.3 is 20.2 Å². The van der Waals surface area contributed by atoms with Crippen LogP contribution in [0.4, 0.5) is 10.2 Å². The minimum absolute atomic E-state index is 0.138. The van der Waals surface area contributed by atoms with Gasteiger partial charge in [-0.3, -0.25) is 20.0 Å². The molecule has 5 rings (SSSR count). The molecule has 0 unspecified atom stereocenters. The first kappa shape index (κ1) is 31.5. The van der Waals surface area contributed by atoms with Crippen molar-refractivity contribution in [3.8, 4) is 45.9 Å². The summed E-state index contributed by atoms with van der Waals surface area (Å²) in [5.74, 6) is -1.50. The molecule has 3 heterocycles. The second-order valence-electron chi connectivity index (χ2n) is 10.3. The Bertz CT molecular complexity index is 1860. The lowest BCUT2D eigenvalue weighted by atomic mass is 9.91. The molecular formula is C32H27FN8O5. The number of aromatic nitrogens is 3. The van der Waals surface area contributed by atoms with Gasteiger partial charge >= 0.3 is 0 Å². The minimum Gasteiger partial charge on any atom is -0.504 e. The highest BCUT2D eigenvalue weighted by Gasteiger charge is 2.26. The van der Waals surface area contributed by atoms with E-state index in [-0.39, 0.29) is 28.7 Å². The number of hydrogen-bond donors (Lipinski definition) is 5. The molecule has 46 heavy (non-hydrogen) atoms. The Morgan fingerprint density at radius 3 is 2.48 bits per heavy atom. The third-order valence-electron chi connectivity index (χ3n) is 7.52. The van der Waals surface area contributed by atoms with E-state index < -0.39 is 11.7 Å². The van der Waals surface area contributed by atoms with Gasteiger partial charge in [0.15, 0.2) is 5.75 Å². The maximum absolute atomic E-state index is 14.8. The predicted octanol–water partition coefficient (Wildman–Crippen LogP) is 3.92. The largest absolute Gasteiger partial charge is 0.504 e. The third kappa shape index (κ3) is 6.90. The predicted molar refractivity (Wildman–Crippen MR) is 162 cm³/mol. The Kier molecular flexibility index (Phi) is 9.75. The number of amides is 1. The minimum atomic E-state index is -0.739. The van der Waals surface area contributed by atoms with Crippen molar-refractivity contribution in [2.75, 3.05) is 18.0 Å². The molecule has 1 aliphatic rings.